The quantitative estimate of drug-likeness (QED) is 0.225. The minimum absolute atomic E-state index is 0.137. The highest BCUT2D eigenvalue weighted by Crippen LogP contribution is 2.24. The van der Waals surface area contributed by atoms with E-state index in [2.05, 4.69) is 5.32 Å². The maximum atomic E-state index is 14.1. The van der Waals surface area contributed by atoms with E-state index in [1.165, 1.54) is 4.90 Å². The number of amides is 2. The smallest absolute Gasteiger partial charge is 0.244 e. The van der Waals surface area contributed by atoms with Crippen LogP contribution in [0.2, 0.25) is 0 Å². The minimum atomic E-state index is -3.86. The van der Waals surface area contributed by atoms with Crippen LogP contribution < -0.4 is 14.4 Å². The molecule has 0 bridgehead atoms. The van der Waals surface area contributed by atoms with Crippen LogP contribution in [0.5, 0.6) is 5.75 Å². The molecular formula is C34H37N3O5S. The molecule has 0 aliphatic rings. The van der Waals surface area contributed by atoms with Gasteiger partial charge in [0.2, 0.25) is 21.8 Å². The van der Waals surface area contributed by atoms with Gasteiger partial charge in [-0.2, -0.15) is 0 Å². The average molecular weight is 600 g/mol. The van der Waals surface area contributed by atoms with Gasteiger partial charge in [0.25, 0.3) is 0 Å². The number of carbonyl (C=O) groups is 2. The predicted molar refractivity (Wildman–Crippen MR) is 169 cm³/mol. The summed E-state index contributed by atoms with van der Waals surface area (Å²) >= 11 is 0. The molecule has 1 atom stereocenters. The van der Waals surface area contributed by atoms with Crippen molar-refractivity contribution in [2.45, 2.75) is 32.5 Å². The van der Waals surface area contributed by atoms with Gasteiger partial charge in [-0.3, -0.25) is 13.9 Å². The summed E-state index contributed by atoms with van der Waals surface area (Å²) in [5, 5.41) is 2.85. The van der Waals surface area contributed by atoms with Crippen LogP contribution in [0.4, 0.5) is 5.69 Å². The third kappa shape index (κ3) is 9.18. The van der Waals surface area contributed by atoms with Gasteiger partial charge in [-0.05, 0) is 47.9 Å². The lowest BCUT2D eigenvalue weighted by Crippen LogP contribution is -2.53. The molecule has 43 heavy (non-hydrogen) atoms. The number of carbonyl (C=O) groups excluding carboxylic acids is 2. The number of nitrogens with one attached hydrogen (secondary N) is 1. The molecule has 8 nitrogen and oxygen atoms in total. The molecule has 0 saturated carbocycles. The molecule has 4 rings (SSSR count). The third-order valence-electron chi connectivity index (χ3n) is 6.87. The van der Waals surface area contributed by atoms with E-state index >= 15 is 0 Å². The van der Waals surface area contributed by atoms with Crippen molar-refractivity contribution in [2.24, 2.45) is 0 Å². The Kier molecular flexibility index (Phi) is 10.9. The zero-order valence-corrected chi connectivity index (χ0v) is 25.2. The number of nitrogens with zero attached hydrogens (tertiary/aromatic N) is 2. The lowest BCUT2D eigenvalue weighted by Gasteiger charge is -2.33. The normalized spacial score (nSPS) is 11.8. The number of rotatable bonds is 14. The zero-order valence-electron chi connectivity index (χ0n) is 24.4. The first kappa shape index (κ1) is 31.3. The van der Waals surface area contributed by atoms with Crippen molar-refractivity contribution in [2.75, 3.05) is 23.7 Å². The van der Waals surface area contributed by atoms with Gasteiger partial charge in [0.15, 0.2) is 0 Å². The van der Waals surface area contributed by atoms with Crippen molar-refractivity contribution in [1.82, 2.24) is 10.2 Å². The van der Waals surface area contributed by atoms with Gasteiger partial charge in [0, 0.05) is 19.5 Å². The van der Waals surface area contributed by atoms with E-state index < -0.39 is 28.5 Å². The fraction of sp³-hybridized carbons (Fsp3) is 0.235. The highest BCUT2D eigenvalue weighted by molar-refractivity contribution is 7.92. The second-order valence-electron chi connectivity index (χ2n) is 10.1. The van der Waals surface area contributed by atoms with Crippen LogP contribution in [-0.4, -0.2) is 50.5 Å². The van der Waals surface area contributed by atoms with Crippen molar-refractivity contribution in [3.8, 4) is 5.75 Å². The summed E-state index contributed by atoms with van der Waals surface area (Å²) in [6, 6.07) is 34.2. The summed E-state index contributed by atoms with van der Waals surface area (Å²) in [4.78, 5) is 28.9. The maximum Gasteiger partial charge on any atom is 0.244 e. The highest BCUT2D eigenvalue weighted by Gasteiger charge is 2.32. The number of anilines is 1. The second-order valence-corrected chi connectivity index (χ2v) is 12.1. The number of benzene rings is 4. The van der Waals surface area contributed by atoms with Crippen LogP contribution in [0, 0.1) is 0 Å². The second kappa shape index (κ2) is 15.0. The van der Waals surface area contributed by atoms with Gasteiger partial charge in [-0.1, -0.05) is 91.0 Å². The minimum Gasteiger partial charge on any atom is -0.489 e. The number of sulfonamides is 1. The Bertz CT molecular complexity index is 1570. The average Bonchev–Trinajstić information content (AvgIpc) is 3.02. The summed E-state index contributed by atoms with van der Waals surface area (Å²) in [6.07, 6.45) is 1.34. The Hall–Kier alpha value is -4.63. The summed E-state index contributed by atoms with van der Waals surface area (Å²) in [6.45, 7) is 2.25. The summed E-state index contributed by atoms with van der Waals surface area (Å²) in [5.41, 5.74) is 3.03. The molecule has 4 aromatic rings. The number of likely N-dealkylation sites (N-methyl/N-ethyl adjacent to an activating group) is 1. The summed E-state index contributed by atoms with van der Waals surface area (Å²) in [5.74, 6) is -0.232. The van der Waals surface area contributed by atoms with Crippen molar-refractivity contribution in [3.05, 3.63) is 132 Å². The Balaban J connectivity index is 1.61. The molecule has 4 aromatic carbocycles. The molecular weight excluding hydrogens is 562 g/mol. The fourth-order valence-electron chi connectivity index (χ4n) is 4.69. The van der Waals surface area contributed by atoms with Gasteiger partial charge < -0.3 is 15.0 Å². The lowest BCUT2D eigenvalue weighted by atomic mass is 10.0. The van der Waals surface area contributed by atoms with E-state index in [1.807, 2.05) is 97.9 Å². The first-order chi connectivity index (χ1) is 20.7. The maximum absolute atomic E-state index is 14.1. The Morgan fingerprint density at radius 3 is 1.84 bits per heavy atom. The molecule has 0 heterocycles. The molecule has 0 aliphatic carbocycles. The standard InChI is InChI=1S/C34H37N3O5S/c1-3-35-34(39)32(23-27-13-7-4-8-14-27)36(24-28-15-9-5-10-16-28)33(38)25-37(43(2,40)41)30-19-21-31(22-20-30)42-26-29-17-11-6-12-18-29/h4-22,32H,3,23-26H2,1-2H3,(H,35,39)/t32-/m1/s1. The Morgan fingerprint density at radius 1 is 0.767 bits per heavy atom. The van der Waals surface area contributed by atoms with Gasteiger partial charge in [-0.15, -0.1) is 0 Å². The first-order valence-electron chi connectivity index (χ1n) is 14.1. The molecule has 2 amide bonds. The Morgan fingerprint density at radius 2 is 1.30 bits per heavy atom. The van der Waals surface area contributed by atoms with Crippen LogP contribution in [-0.2, 0) is 39.2 Å². The third-order valence-corrected chi connectivity index (χ3v) is 8.01. The van der Waals surface area contributed by atoms with Crippen molar-refractivity contribution >= 4 is 27.5 Å². The molecule has 0 saturated heterocycles. The van der Waals surface area contributed by atoms with Gasteiger partial charge in [0.05, 0.1) is 11.9 Å². The van der Waals surface area contributed by atoms with Crippen LogP contribution in [0.3, 0.4) is 0 Å². The van der Waals surface area contributed by atoms with E-state index in [0.717, 1.165) is 27.3 Å². The number of hydrogen-bond donors (Lipinski definition) is 1. The summed E-state index contributed by atoms with van der Waals surface area (Å²) in [7, 11) is -3.86. The SMILES string of the molecule is CCNC(=O)[C@@H](Cc1ccccc1)N(Cc1ccccc1)C(=O)CN(c1ccc(OCc2ccccc2)cc1)S(C)(=O)=O. The van der Waals surface area contributed by atoms with Crippen LogP contribution >= 0.6 is 0 Å². The van der Waals surface area contributed by atoms with E-state index in [4.69, 9.17) is 4.74 Å². The van der Waals surface area contributed by atoms with E-state index in [0.29, 0.717) is 24.6 Å². The highest BCUT2D eigenvalue weighted by atomic mass is 32.2. The first-order valence-corrected chi connectivity index (χ1v) is 16.0. The van der Waals surface area contributed by atoms with Gasteiger partial charge in [-0.25, -0.2) is 8.42 Å². The molecule has 0 fully saturated rings. The fourth-order valence-corrected chi connectivity index (χ4v) is 5.54. The molecule has 0 aliphatic heterocycles. The van der Waals surface area contributed by atoms with Crippen LogP contribution in [0.1, 0.15) is 23.6 Å². The molecule has 0 unspecified atom stereocenters. The molecule has 224 valence electrons. The Labute approximate surface area is 254 Å². The molecule has 0 radical (unpaired) electrons. The number of hydrogen-bond acceptors (Lipinski definition) is 5. The predicted octanol–water partition coefficient (Wildman–Crippen LogP) is 4.81. The zero-order chi connectivity index (χ0) is 30.7. The van der Waals surface area contributed by atoms with E-state index in [1.54, 1.807) is 24.3 Å². The van der Waals surface area contributed by atoms with Crippen LogP contribution in [0.15, 0.2) is 115 Å². The van der Waals surface area contributed by atoms with Gasteiger partial charge in [0.1, 0.15) is 24.9 Å². The topological polar surface area (TPSA) is 96.0 Å². The van der Waals surface area contributed by atoms with Crippen molar-refractivity contribution < 1.29 is 22.7 Å². The lowest BCUT2D eigenvalue weighted by molar-refractivity contribution is -0.140. The molecule has 9 heteroatoms. The monoisotopic (exact) mass is 599 g/mol. The van der Waals surface area contributed by atoms with E-state index in [-0.39, 0.29) is 18.9 Å². The van der Waals surface area contributed by atoms with Gasteiger partial charge >= 0.3 is 0 Å². The van der Waals surface area contributed by atoms with E-state index in [9.17, 15) is 18.0 Å². The molecule has 1 N–H and O–H groups in total. The van der Waals surface area contributed by atoms with Crippen molar-refractivity contribution in [3.63, 3.8) is 0 Å². The molecule has 0 aromatic heterocycles. The number of ether oxygens (including phenoxy) is 1. The molecule has 0 spiro atoms. The van der Waals surface area contributed by atoms with Crippen LogP contribution in [0.25, 0.3) is 0 Å². The van der Waals surface area contributed by atoms with Crippen molar-refractivity contribution in [1.29, 1.82) is 0 Å². The summed E-state index contributed by atoms with van der Waals surface area (Å²) < 4.78 is 32.9. The largest absolute Gasteiger partial charge is 0.489 e.